The summed E-state index contributed by atoms with van der Waals surface area (Å²) in [6.07, 6.45) is 2.86. The predicted octanol–water partition coefficient (Wildman–Crippen LogP) is 4.11. The van der Waals surface area contributed by atoms with E-state index in [1.165, 1.54) is 0 Å². The van der Waals surface area contributed by atoms with Gasteiger partial charge in [0, 0.05) is 23.5 Å². The summed E-state index contributed by atoms with van der Waals surface area (Å²) in [7, 11) is 0. The zero-order chi connectivity index (χ0) is 14.7. The highest BCUT2D eigenvalue weighted by atomic mass is 35.5. The molecule has 1 aromatic carbocycles. The van der Waals surface area contributed by atoms with Gasteiger partial charge in [-0.25, -0.2) is 9.97 Å². The minimum Gasteiger partial charge on any atom is -0.378 e. The lowest BCUT2D eigenvalue weighted by molar-refractivity contribution is 0.656. The first-order valence-electron chi connectivity index (χ1n) is 7.07. The number of nitrogens with one attached hydrogen (secondary N) is 1. The van der Waals surface area contributed by atoms with Crippen molar-refractivity contribution in [2.24, 2.45) is 0 Å². The number of aromatic nitrogens is 3. The van der Waals surface area contributed by atoms with Gasteiger partial charge in [-0.3, -0.25) is 0 Å². The highest BCUT2D eigenvalue weighted by Crippen LogP contribution is 2.18. The molecule has 2 heterocycles. The monoisotopic (exact) mass is 300 g/mol. The lowest BCUT2D eigenvalue weighted by atomic mass is 10.3. The molecule has 0 unspecified atom stereocenters. The molecule has 4 nitrogen and oxygen atoms in total. The van der Waals surface area contributed by atoms with Crippen LogP contribution in [0.5, 0.6) is 0 Å². The van der Waals surface area contributed by atoms with Crippen molar-refractivity contribution in [3.05, 3.63) is 53.4 Å². The van der Waals surface area contributed by atoms with E-state index in [0.717, 1.165) is 40.7 Å². The molecular formula is C16H17ClN4. The minimum atomic E-state index is 0.650. The van der Waals surface area contributed by atoms with Gasteiger partial charge in [-0.1, -0.05) is 24.6 Å². The third kappa shape index (κ3) is 3.00. The normalized spacial score (nSPS) is 11.0. The number of aryl methyl sites for hydroxylation is 1. The lowest BCUT2D eigenvalue weighted by Crippen LogP contribution is -2.09. The molecule has 3 rings (SSSR count). The van der Waals surface area contributed by atoms with Gasteiger partial charge in [0.2, 0.25) is 0 Å². The number of benzene rings is 1. The fourth-order valence-electron chi connectivity index (χ4n) is 2.38. The molecular weight excluding hydrogens is 284 g/mol. The summed E-state index contributed by atoms with van der Waals surface area (Å²) in [4.78, 5) is 9.11. The third-order valence-electron chi connectivity index (χ3n) is 3.31. The van der Waals surface area contributed by atoms with Crippen LogP contribution in [0.3, 0.4) is 0 Å². The Labute approximate surface area is 128 Å². The maximum Gasteiger partial charge on any atom is 0.160 e. The molecule has 3 aromatic rings. The van der Waals surface area contributed by atoms with Gasteiger partial charge in [0.1, 0.15) is 11.3 Å². The molecule has 0 aliphatic rings. The molecule has 21 heavy (non-hydrogen) atoms. The van der Waals surface area contributed by atoms with E-state index in [4.69, 9.17) is 11.6 Å². The first kappa shape index (κ1) is 13.9. The Kier molecular flexibility index (Phi) is 4.06. The second-order valence-electron chi connectivity index (χ2n) is 4.89. The molecule has 5 heteroatoms. The van der Waals surface area contributed by atoms with E-state index >= 15 is 0 Å². The zero-order valence-electron chi connectivity index (χ0n) is 11.9. The van der Waals surface area contributed by atoms with Gasteiger partial charge >= 0.3 is 0 Å². The number of nitrogens with zero attached hydrogens (tertiary/aromatic N) is 3. The van der Waals surface area contributed by atoms with Gasteiger partial charge in [0.05, 0.1) is 6.54 Å². The molecule has 0 amide bonds. The van der Waals surface area contributed by atoms with Crippen LogP contribution >= 0.6 is 11.6 Å². The molecule has 0 aliphatic heterocycles. The Morgan fingerprint density at radius 3 is 2.95 bits per heavy atom. The van der Waals surface area contributed by atoms with E-state index in [1.807, 2.05) is 42.6 Å². The van der Waals surface area contributed by atoms with E-state index in [-0.39, 0.29) is 0 Å². The molecule has 0 spiro atoms. The van der Waals surface area contributed by atoms with Gasteiger partial charge in [-0.2, -0.15) is 0 Å². The van der Waals surface area contributed by atoms with Gasteiger partial charge in [-0.15, -0.1) is 0 Å². The molecule has 1 N–H and O–H groups in total. The lowest BCUT2D eigenvalue weighted by Gasteiger charge is -2.09. The summed E-state index contributed by atoms with van der Waals surface area (Å²) in [5.41, 5.74) is 2.88. The van der Waals surface area contributed by atoms with Crippen molar-refractivity contribution in [2.45, 2.75) is 26.4 Å². The van der Waals surface area contributed by atoms with Crippen molar-refractivity contribution in [1.82, 2.24) is 14.5 Å². The molecule has 0 saturated carbocycles. The maximum atomic E-state index is 6.00. The van der Waals surface area contributed by atoms with E-state index < -0.39 is 0 Å². The van der Waals surface area contributed by atoms with E-state index in [2.05, 4.69) is 26.8 Å². The molecule has 0 aliphatic carbocycles. The fourth-order valence-corrected chi connectivity index (χ4v) is 2.57. The molecule has 0 atom stereocenters. The van der Waals surface area contributed by atoms with E-state index in [9.17, 15) is 0 Å². The molecule has 0 fully saturated rings. The maximum absolute atomic E-state index is 6.00. The highest BCUT2D eigenvalue weighted by molar-refractivity contribution is 6.30. The molecule has 0 saturated heterocycles. The van der Waals surface area contributed by atoms with Gasteiger partial charge in [0.15, 0.2) is 5.65 Å². The largest absolute Gasteiger partial charge is 0.378 e. The van der Waals surface area contributed by atoms with Crippen LogP contribution in [0.4, 0.5) is 5.69 Å². The average Bonchev–Trinajstić information content (AvgIpc) is 2.84. The minimum absolute atomic E-state index is 0.650. The number of anilines is 1. The number of halogens is 1. The molecule has 2 aromatic heterocycles. The second kappa shape index (κ2) is 6.14. The van der Waals surface area contributed by atoms with Crippen LogP contribution in [0, 0.1) is 0 Å². The first-order valence-corrected chi connectivity index (χ1v) is 7.45. The third-order valence-corrected chi connectivity index (χ3v) is 3.54. The smallest absolute Gasteiger partial charge is 0.160 e. The zero-order valence-corrected chi connectivity index (χ0v) is 12.6. The van der Waals surface area contributed by atoms with Gasteiger partial charge in [-0.05, 0) is 36.8 Å². The number of imidazole rings is 1. The van der Waals surface area contributed by atoms with Crippen LogP contribution < -0.4 is 5.32 Å². The van der Waals surface area contributed by atoms with Crippen molar-refractivity contribution in [3.63, 3.8) is 0 Å². The van der Waals surface area contributed by atoms with Crippen LogP contribution in [-0.2, 0) is 13.1 Å². The summed E-state index contributed by atoms with van der Waals surface area (Å²) in [5, 5.41) is 4.09. The molecule has 108 valence electrons. The van der Waals surface area contributed by atoms with Crippen molar-refractivity contribution in [3.8, 4) is 0 Å². The van der Waals surface area contributed by atoms with Crippen LogP contribution in [0.2, 0.25) is 5.02 Å². The Hall–Kier alpha value is -2.07. The van der Waals surface area contributed by atoms with Crippen LogP contribution in [0.15, 0.2) is 42.6 Å². The van der Waals surface area contributed by atoms with Crippen LogP contribution in [-0.4, -0.2) is 14.5 Å². The number of hydrogen-bond donors (Lipinski definition) is 1. The highest BCUT2D eigenvalue weighted by Gasteiger charge is 2.10. The summed E-state index contributed by atoms with van der Waals surface area (Å²) >= 11 is 6.00. The van der Waals surface area contributed by atoms with Gasteiger partial charge in [0.25, 0.3) is 0 Å². The molecule has 0 bridgehead atoms. The summed E-state index contributed by atoms with van der Waals surface area (Å²) in [6.45, 7) is 3.72. The second-order valence-corrected chi connectivity index (χ2v) is 5.33. The Bertz CT molecular complexity index is 751. The van der Waals surface area contributed by atoms with Crippen molar-refractivity contribution >= 4 is 28.5 Å². The van der Waals surface area contributed by atoms with Gasteiger partial charge < -0.3 is 9.88 Å². The van der Waals surface area contributed by atoms with Crippen molar-refractivity contribution in [1.29, 1.82) is 0 Å². The van der Waals surface area contributed by atoms with E-state index in [1.54, 1.807) is 0 Å². The number of hydrogen-bond acceptors (Lipinski definition) is 3. The van der Waals surface area contributed by atoms with Crippen molar-refractivity contribution in [2.75, 3.05) is 5.32 Å². The summed E-state index contributed by atoms with van der Waals surface area (Å²) in [6, 6.07) is 11.6. The first-order chi connectivity index (χ1) is 10.3. The van der Waals surface area contributed by atoms with Crippen LogP contribution in [0.1, 0.15) is 19.2 Å². The number of rotatable bonds is 5. The SMILES string of the molecule is CCCn1c(CNc2cccc(Cl)c2)nc2cccnc21. The quantitative estimate of drug-likeness (QED) is 0.771. The average molecular weight is 301 g/mol. The van der Waals surface area contributed by atoms with Crippen molar-refractivity contribution < 1.29 is 0 Å². The van der Waals surface area contributed by atoms with E-state index in [0.29, 0.717) is 6.54 Å². The Balaban J connectivity index is 1.87. The number of fused-ring (bicyclic) bond motifs is 1. The number of pyridine rings is 1. The van der Waals surface area contributed by atoms with Crippen LogP contribution in [0.25, 0.3) is 11.2 Å². The Morgan fingerprint density at radius 1 is 1.24 bits per heavy atom. The molecule has 0 radical (unpaired) electrons. The summed E-state index contributed by atoms with van der Waals surface area (Å²) < 4.78 is 2.17. The summed E-state index contributed by atoms with van der Waals surface area (Å²) in [5.74, 6) is 0.991. The topological polar surface area (TPSA) is 42.7 Å². The predicted molar refractivity (Wildman–Crippen MR) is 86.6 cm³/mol. The standard InChI is InChI=1S/C16H17ClN4/c1-2-9-21-15(20-14-7-4-8-18-16(14)21)11-19-13-6-3-5-12(17)10-13/h3-8,10,19H,2,9,11H2,1H3. The fraction of sp³-hybridized carbons (Fsp3) is 0.250. The Morgan fingerprint density at radius 2 is 2.14 bits per heavy atom.